The number of hydrogen-bond donors (Lipinski definition) is 3. The van der Waals surface area contributed by atoms with Gasteiger partial charge in [-0.15, -0.1) is 0 Å². The quantitative estimate of drug-likeness (QED) is 0.797. The molecule has 6 nitrogen and oxygen atoms in total. The van der Waals surface area contributed by atoms with E-state index in [1.54, 1.807) is 11.6 Å². The van der Waals surface area contributed by atoms with E-state index >= 15 is 0 Å². The lowest BCUT2D eigenvalue weighted by Gasteiger charge is -2.23. The Morgan fingerprint density at radius 2 is 1.96 bits per heavy atom. The summed E-state index contributed by atoms with van der Waals surface area (Å²) >= 11 is 0. The summed E-state index contributed by atoms with van der Waals surface area (Å²) in [4.78, 5) is 25.0. The van der Waals surface area contributed by atoms with E-state index < -0.39 is 6.04 Å². The average Bonchev–Trinajstić information content (AvgIpc) is 2.95. The number of hydrogen-bond acceptors (Lipinski definition) is 3. The van der Waals surface area contributed by atoms with Crippen LogP contribution in [0.5, 0.6) is 0 Å². The van der Waals surface area contributed by atoms with Crippen molar-refractivity contribution in [1.82, 2.24) is 9.99 Å². The third-order valence-corrected chi connectivity index (χ3v) is 4.83. The van der Waals surface area contributed by atoms with Gasteiger partial charge >= 0.3 is 0 Å². The Labute approximate surface area is 147 Å². The van der Waals surface area contributed by atoms with Gasteiger partial charge in [-0.05, 0) is 38.3 Å². The van der Waals surface area contributed by atoms with Crippen molar-refractivity contribution in [3.8, 4) is 0 Å². The molecule has 3 rings (SSSR count). The van der Waals surface area contributed by atoms with Crippen molar-refractivity contribution >= 4 is 22.7 Å². The largest absolute Gasteiger partial charge is 0.348 e. The van der Waals surface area contributed by atoms with Crippen molar-refractivity contribution in [2.75, 3.05) is 5.43 Å². The Balaban J connectivity index is 1.96. The van der Waals surface area contributed by atoms with E-state index in [2.05, 4.69) is 10.7 Å². The SMILES string of the molecule is Cc1cccc2cc(C(=O)NC3CCCCC3)n(NC(=O)C(C)N)c12. The monoisotopic (exact) mass is 342 g/mol. The molecular weight excluding hydrogens is 316 g/mol. The maximum atomic E-state index is 12.9. The van der Waals surface area contributed by atoms with Crippen molar-refractivity contribution < 1.29 is 9.59 Å². The van der Waals surface area contributed by atoms with Crippen LogP contribution in [0.15, 0.2) is 24.3 Å². The molecule has 1 unspecified atom stereocenters. The maximum absolute atomic E-state index is 12.9. The summed E-state index contributed by atoms with van der Waals surface area (Å²) in [6.45, 7) is 3.58. The van der Waals surface area contributed by atoms with Gasteiger partial charge in [-0.3, -0.25) is 15.0 Å². The number of amides is 2. The Hall–Kier alpha value is -2.34. The second-order valence-electron chi connectivity index (χ2n) is 6.95. The van der Waals surface area contributed by atoms with Gasteiger partial charge in [0.15, 0.2) is 0 Å². The molecule has 134 valence electrons. The summed E-state index contributed by atoms with van der Waals surface area (Å²) in [6, 6.07) is 7.21. The molecule has 1 saturated carbocycles. The van der Waals surface area contributed by atoms with Gasteiger partial charge in [0.2, 0.25) is 0 Å². The molecule has 1 heterocycles. The van der Waals surface area contributed by atoms with Gasteiger partial charge in [0.25, 0.3) is 11.8 Å². The van der Waals surface area contributed by atoms with E-state index in [9.17, 15) is 9.59 Å². The zero-order valence-electron chi connectivity index (χ0n) is 14.8. The van der Waals surface area contributed by atoms with Crippen LogP contribution in [0.3, 0.4) is 0 Å². The second kappa shape index (κ2) is 7.27. The molecule has 6 heteroatoms. The number of aryl methyl sites for hydroxylation is 1. The Morgan fingerprint density at radius 3 is 2.64 bits per heavy atom. The highest BCUT2D eigenvalue weighted by atomic mass is 16.2. The van der Waals surface area contributed by atoms with Gasteiger partial charge in [0.1, 0.15) is 5.69 Å². The molecule has 0 spiro atoms. The van der Waals surface area contributed by atoms with Crippen molar-refractivity contribution in [2.45, 2.75) is 58.0 Å². The third-order valence-electron chi connectivity index (χ3n) is 4.83. The zero-order valence-corrected chi connectivity index (χ0v) is 14.8. The van der Waals surface area contributed by atoms with E-state index in [4.69, 9.17) is 5.73 Å². The average molecular weight is 342 g/mol. The summed E-state index contributed by atoms with van der Waals surface area (Å²) < 4.78 is 1.58. The molecule has 0 saturated heterocycles. The molecule has 0 bridgehead atoms. The molecule has 2 aromatic rings. The lowest BCUT2D eigenvalue weighted by atomic mass is 9.95. The lowest BCUT2D eigenvalue weighted by molar-refractivity contribution is -0.117. The van der Waals surface area contributed by atoms with Gasteiger partial charge in [-0.1, -0.05) is 37.5 Å². The van der Waals surface area contributed by atoms with Gasteiger partial charge in [0.05, 0.1) is 11.6 Å². The number of nitrogens with zero attached hydrogens (tertiary/aromatic N) is 1. The van der Waals surface area contributed by atoms with Crippen molar-refractivity contribution in [3.63, 3.8) is 0 Å². The maximum Gasteiger partial charge on any atom is 0.270 e. The highest BCUT2D eigenvalue weighted by molar-refractivity contribution is 6.01. The molecule has 1 aliphatic carbocycles. The van der Waals surface area contributed by atoms with Gasteiger partial charge in [-0.25, -0.2) is 4.68 Å². The number of carbonyl (C=O) groups is 2. The number of fused-ring (bicyclic) bond motifs is 1. The molecule has 4 N–H and O–H groups in total. The molecular formula is C19H26N4O2. The summed E-state index contributed by atoms with van der Waals surface area (Å²) in [7, 11) is 0. The van der Waals surface area contributed by atoms with Crippen LogP contribution in [0.25, 0.3) is 10.9 Å². The Bertz CT molecular complexity index is 788. The smallest absolute Gasteiger partial charge is 0.270 e. The Kier molecular flexibility index (Phi) is 5.08. The number of nitrogens with one attached hydrogen (secondary N) is 2. The summed E-state index contributed by atoms with van der Waals surface area (Å²) in [5.41, 5.74) is 10.7. The molecule has 1 aliphatic rings. The van der Waals surface area contributed by atoms with E-state index in [1.807, 2.05) is 31.2 Å². The highest BCUT2D eigenvalue weighted by Gasteiger charge is 2.22. The standard InChI is InChI=1S/C19H26N4O2/c1-12-7-6-8-14-11-16(19(25)21-15-9-4-3-5-10-15)23(17(12)14)22-18(24)13(2)20/h6-8,11,13,15H,3-5,9-10,20H2,1-2H3,(H,21,25)(H,22,24). The third kappa shape index (κ3) is 3.69. The van der Waals surface area contributed by atoms with Crippen LogP contribution >= 0.6 is 0 Å². The number of carbonyl (C=O) groups excluding carboxylic acids is 2. The Morgan fingerprint density at radius 1 is 1.24 bits per heavy atom. The fraction of sp³-hybridized carbons (Fsp3) is 0.474. The molecule has 0 radical (unpaired) electrons. The first kappa shape index (κ1) is 17.5. The molecule has 1 atom stereocenters. The molecule has 0 aliphatic heterocycles. The molecule has 1 fully saturated rings. The van der Waals surface area contributed by atoms with Crippen molar-refractivity contribution in [3.05, 3.63) is 35.5 Å². The molecule has 1 aromatic carbocycles. The minimum absolute atomic E-state index is 0.160. The first-order chi connectivity index (χ1) is 12.0. The zero-order chi connectivity index (χ0) is 18.0. The summed E-state index contributed by atoms with van der Waals surface area (Å²) in [6.07, 6.45) is 5.55. The highest BCUT2D eigenvalue weighted by Crippen LogP contribution is 2.23. The lowest BCUT2D eigenvalue weighted by Crippen LogP contribution is -2.41. The van der Waals surface area contributed by atoms with E-state index in [0.29, 0.717) is 5.69 Å². The summed E-state index contributed by atoms with van der Waals surface area (Å²) in [5.74, 6) is -0.486. The van der Waals surface area contributed by atoms with Crippen LogP contribution in [-0.2, 0) is 4.79 Å². The van der Waals surface area contributed by atoms with Crippen LogP contribution < -0.4 is 16.5 Å². The van der Waals surface area contributed by atoms with Crippen molar-refractivity contribution in [2.24, 2.45) is 5.73 Å². The fourth-order valence-electron chi connectivity index (χ4n) is 3.44. The van der Waals surface area contributed by atoms with Gasteiger partial charge in [0, 0.05) is 11.4 Å². The van der Waals surface area contributed by atoms with E-state index in [1.165, 1.54) is 6.42 Å². The number of rotatable bonds is 4. The fourth-order valence-corrected chi connectivity index (χ4v) is 3.44. The minimum atomic E-state index is -0.657. The first-order valence-electron chi connectivity index (χ1n) is 8.95. The first-order valence-corrected chi connectivity index (χ1v) is 8.95. The van der Waals surface area contributed by atoms with Gasteiger partial charge < -0.3 is 11.1 Å². The van der Waals surface area contributed by atoms with Gasteiger partial charge in [-0.2, -0.15) is 0 Å². The van der Waals surface area contributed by atoms with Crippen LogP contribution in [0.1, 0.15) is 55.1 Å². The number of benzene rings is 1. The summed E-state index contributed by atoms with van der Waals surface area (Å²) in [5, 5.41) is 4.03. The van der Waals surface area contributed by atoms with E-state index in [-0.39, 0.29) is 17.9 Å². The normalized spacial score (nSPS) is 16.6. The van der Waals surface area contributed by atoms with Crippen LogP contribution in [0.4, 0.5) is 0 Å². The van der Waals surface area contributed by atoms with Crippen LogP contribution in [0.2, 0.25) is 0 Å². The van der Waals surface area contributed by atoms with E-state index in [0.717, 1.165) is 42.1 Å². The number of aromatic nitrogens is 1. The second-order valence-corrected chi connectivity index (χ2v) is 6.95. The number of para-hydroxylation sites is 1. The van der Waals surface area contributed by atoms with Crippen molar-refractivity contribution in [1.29, 1.82) is 0 Å². The molecule has 2 amide bonds. The van der Waals surface area contributed by atoms with Crippen LogP contribution in [-0.4, -0.2) is 28.6 Å². The predicted molar refractivity (Wildman–Crippen MR) is 99.0 cm³/mol. The van der Waals surface area contributed by atoms with Crippen LogP contribution in [0, 0.1) is 6.92 Å². The molecule has 1 aromatic heterocycles. The minimum Gasteiger partial charge on any atom is -0.348 e. The predicted octanol–water partition coefficient (Wildman–Crippen LogP) is 2.43. The topological polar surface area (TPSA) is 89.2 Å². The molecule has 25 heavy (non-hydrogen) atoms. The number of nitrogens with two attached hydrogens (primary N) is 1.